The summed E-state index contributed by atoms with van der Waals surface area (Å²) in [5, 5.41) is 6.88. The van der Waals surface area contributed by atoms with E-state index in [-0.39, 0.29) is 5.60 Å². The molecule has 23 heavy (non-hydrogen) atoms. The van der Waals surface area contributed by atoms with Gasteiger partial charge in [-0.05, 0) is 20.3 Å². The molecule has 0 radical (unpaired) electrons. The van der Waals surface area contributed by atoms with E-state index in [0.29, 0.717) is 12.6 Å². The van der Waals surface area contributed by atoms with Crippen LogP contribution in [-0.4, -0.2) is 51.0 Å². The molecule has 1 aliphatic rings. The van der Waals surface area contributed by atoms with Crippen molar-refractivity contribution in [1.29, 1.82) is 0 Å². The van der Waals surface area contributed by atoms with Gasteiger partial charge in [-0.2, -0.15) is 0 Å². The molecule has 0 spiro atoms. The molecule has 1 fully saturated rings. The average molecular weight is 328 g/mol. The number of rotatable bonds is 10. The van der Waals surface area contributed by atoms with Crippen molar-refractivity contribution < 1.29 is 9.47 Å². The zero-order valence-corrected chi connectivity index (χ0v) is 15.6. The summed E-state index contributed by atoms with van der Waals surface area (Å²) in [6.45, 7) is 9.67. The van der Waals surface area contributed by atoms with Crippen LogP contribution in [-0.2, 0) is 9.47 Å². The standard InChI is InChI=1S/C18H37N3O2/c1-5-7-8-9-10-16(3)21-17(19-6-2)20-15-18(22-4)11-13-23-14-12-18/h16H,5-15H2,1-4H3,(H2,19,20,21). The number of aliphatic imine (C=N–C) groups is 1. The minimum atomic E-state index is -0.162. The lowest BCUT2D eigenvalue weighted by atomic mass is 9.94. The Hall–Kier alpha value is -0.810. The molecule has 0 aromatic heterocycles. The molecular formula is C18H37N3O2. The van der Waals surface area contributed by atoms with Crippen molar-refractivity contribution >= 4 is 5.96 Å². The predicted octanol–water partition coefficient (Wildman–Crippen LogP) is 3.10. The number of guanidine groups is 1. The van der Waals surface area contributed by atoms with Crippen molar-refractivity contribution in [3.8, 4) is 0 Å². The molecule has 136 valence electrons. The number of nitrogens with one attached hydrogen (secondary N) is 2. The molecule has 0 bridgehead atoms. The summed E-state index contributed by atoms with van der Waals surface area (Å²) in [5.74, 6) is 0.901. The molecule has 1 atom stereocenters. The number of unbranched alkanes of at least 4 members (excludes halogenated alkanes) is 3. The molecule has 1 aliphatic heterocycles. The largest absolute Gasteiger partial charge is 0.381 e. The Morgan fingerprint density at radius 3 is 2.57 bits per heavy atom. The first-order valence-corrected chi connectivity index (χ1v) is 9.33. The van der Waals surface area contributed by atoms with E-state index in [0.717, 1.165) is 38.6 Å². The van der Waals surface area contributed by atoms with Gasteiger partial charge >= 0.3 is 0 Å². The van der Waals surface area contributed by atoms with Gasteiger partial charge in [0, 0.05) is 45.8 Å². The fourth-order valence-corrected chi connectivity index (χ4v) is 2.90. The Morgan fingerprint density at radius 2 is 1.96 bits per heavy atom. The Morgan fingerprint density at radius 1 is 1.22 bits per heavy atom. The number of ether oxygens (including phenoxy) is 2. The Balaban J connectivity index is 2.48. The first-order valence-electron chi connectivity index (χ1n) is 9.33. The Bertz CT molecular complexity index is 328. The molecule has 0 aromatic carbocycles. The van der Waals surface area contributed by atoms with Crippen molar-refractivity contribution in [3.63, 3.8) is 0 Å². The Kier molecular flexibility index (Phi) is 10.3. The Labute approximate surface area is 142 Å². The zero-order chi connectivity index (χ0) is 17.0. The highest BCUT2D eigenvalue weighted by Gasteiger charge is 2.32. The second-order valence-electron chi connectivity index (χ2n) is 6.59. The van der Waals surface area contributed by atoms with Crippen LogP contribution in [0.5, 0.6) is 0 Å². The van der Waals surface area contributed by atoms with E-state index < -0.39 is 0 Å². The molecule has 5 nitrogen and oxygen atoms in total. The summed E-state index contributed by atoms with van der Waals surface area (Å²) >= 11 is 0. The molecule has 0 amide bonds. The highest BCUT2D eigenvalue weighted by molar-refractivity contribution is 5.80. The normalized spacial score (nSPS) is 19.4. The van der Waals surface area contributed by atoms with Gasteiger partial charge in [0.25, 0.3) is 0 Å². The predicted molar refractivity (Wildman–Crippen MR) is 97.1 cm³/mol. The van der Waals surface area contributed by atoms with E-state index in [4.69, 9.17) is 14.5 Å². The monoisotopic (exact) mass is 327 g/mol. The maximum Gasteiger partial charge on any atom is 0.191 e. The molecule has 0 saturated carbocycles. The topological polar surface area (TPSA) is 54.9 Å². The minimum absolute atomic E-state index is 0.162. The van der Waals surface area contributed by atoms with Gasteiger partial charge in [-0.1, -0.05) is 32.6 Å². The van der Waals surface area contributed by atoms with Crippen LogP contribution in [0.25, 0.3) is 0 Å². The number of methoxy groups -OCH3 is 1. The second kappa shape index (κ2) is 11.7. The number of hydrogen-bond acceptors (Lipinski definition) is 3. The fraction of sp³-hybridized carbons (Fsp3) is 0.944. The molecule has 5 heteroatoms. The molecule has 1 heterocycles. The van der Waals surface area contributed by atoms with Crippen LogP contribution in [0.15, 0.2) is 4.99 Å². The van der Waals surface area contributed by atoms with E-state index in [2.05, 4.69) is 31.4 Å². The van der Waals surface area contributed by atoms with Gasteiger partial charge in [0.1, 0.15) is 0 Å². The third-order valence-electron chi connectivity index (χ3n) is 4.58. The quantitative estimate of drug-likeness (QED) is 0.368. The van der Waals surface area contributed by atoms with Gasteiger partial charge in [0.05, 0.1) is 12.1 Å². The van der Waals surface area contributed by atoms with E-state index in [1.165, 1.54) is 32.1 Å². The highest BCUT2D eigenvalue weighted by atomic mass is 16.5. The molecule has 0 aliphatic carbocycles. The second-order valence-corrected chi connectivity index (χ2v) is 6.59. The third-order valence-corrected chi connectivity index (χ3v) is 4.58. The van der Waals surface area contributed by atoms with Gasteiger partial charge in [-0.3, -0.25) is 4.99 Å². The number of nitrogens with zero attached hydrogens (tertiary/aromatic N) is 1. The van der Waals surface area contributed by atoms with Crippen LogP contribution in [0.3, 0.4) is 0 Å². The van der Waals surface area contributed by atoms with Gasteiger partial charge in [-0.15, -0.1) is 0 Å². The van der Waals surface area contributed by atoms with Crippen molar-refractivity contribution in [2.45, 2.75) is 77.4 Å². The molecule has 1 saturated heterocycles. The first-order chi connectivity index (χ1) is 11.2. The molecule has 2 N–H and O–H groups in total. The lowest BCUT2D eigenvalue weighted by molar-refractivity contribution is -0.0828. The maximum atomic E-state index is 5.76. The van der Waals surface area contributed by atoms with E-state index in [1.807, 2.05) is 0 Å². The van der Waals surface area contributed by atoms with Crippen LogP contribution in [0.4, 0.5) is 0 Å². The summed E-state index contributed by atoms with van der Waals surface area (Å²) < 4.78 is 11.2. The first kappa shape index (κ1) is 20.2. The van der Waals surface area contributed by atoms with Crippen LogP contribution in [0.2, 0.25) is 0 Å². The van der Waals surface area contributed by atoms with Gasteiger partial charge < -0.3 is 20.1 Å². The summed E-state index contributed by atoms with van der Waals surface area (Å²) in [7, 11) is 1.79. The lowest BCUT2D eigenvalue weighted by Gasteiger charge is -2.34. The van der Waals surface area contributed by atoms with Crippen molar-refractivity contribution in [2.24, 2.45) is 4.99 Å². The van der Waals surface area contributed by atoms with E-state index in [1.54, 1.807) is 7.11 Å². The van der Waals surface area contributed by atoms with Crippen LogP contribution in [0, 0.1) is 0 Å². The van der Waals surface area contributed by atoms with Gasteiger partial charge in [0.15, 0.2) is 5.96 Å². The van der Waals surface area contributed by atoms with Crippen molar-refractivity contribution in [1.82, 2.24) is 10.6 Å². The SMILES string of the molecule is CCCCCCC(C)NC(=NCC1(OC)CCOCC1)NCC. The third kappa shape index (κ3) is 8.02. The van der Waals surface area contributed by atoms with E-state index >= 15 is 0 Å². The molecular weight excluding hydrogens is 290 g/mol. The maximum absolute atomic E-state index is 5.76. The van der Waals surface area contributed by atoms with Gasteiger partial charge in [-0.25, -0.2) is 0 Å². The molecule has 0 aromatic rings. The van der Waals surface area contributed by atoms with Crippen molar-refractivity contribution in [2.75, 3.05) is 33.4 Å². The zero-order valence-electron chi connectivity index (χ0n) is 15.6. The molecule has 1 rings (SSSR count). The summed E-state index contributed by atoms with van der Waals surface area (Å²) in [5.41, 5.74) is -0.162. The fourth-order valence-electron chi connectivity index (χ4n) is 2.90. The van der Waals surface area contributed by atoms with Crippen LogP contribution < -0.4 is 10.6 Å². The van der Waals surface area contributed by atoms with Crippen LogP contribution >= 0.6 is 0 Å². The van der Waals surface area contributed by atoms with Crippen molar-refractivity contribution in [3.05, 3.63) is 0 Å². The number of hydrogen-bond donors (Lipinski definition) is 2. The lowest BCUT2D eigenvalue weighted by Crippen LogP contribution is -2.45. The average Bonchev–Trinajstić information content (AvgIpc) is 2.58. The molecule has 1 unspecified atom stereocenters. The highest BCUT2D eigenvalue weighted by Crippen LogP contribution is 2.24. The van der Waals surface area contributed by atoms with Crippen LogP contribution in [0.1, 0.15) is 65.7 Å². The van der Waals surface area contributed by atoms with E-state index in [9.17, 15) is 0 Å². The summed E-state index contributed by atoms with van der Waals surface area (Å²) in [6.07, 6.45) is 8.24. The minimum Gasteiger partial charge on any atom is -0.381 e. The van der Waals surface area contributed by atoms with Gasteiger partial charge in [0.2, 0.25) is 0 Å². The summed E-state index contributed by atoms with van der Waals surface area (Å²) in [4.78, 5) is 4.78. The smallest absolute Gasteiger partial charge is 0.191 e. The summed E-state index contributed by atoms with van der Waals surface area (Å²) in [6, 6.07) is 0.442.